The van der Waals surface area contributed by atoms with Crippen LogP contribution in [0.15, 0.2) is 39.8 Å². The number of aryl methyl sites for hydroxylation is 4. The molecule has 166 valence electrons. The molecule has 0 amide bonds. The number of fused-ring (bicyclic) bond motifs is 4. The maximum absolute atomic E-state index is 13.3. The van der Waals surface area contributed by atoms with Crippen LogP contribution in [-0.4, -0.2) is 28.1 Å². The van der Waals surface area contributed by atoms with E-state index in [0.717, 1.165) is 11.1 Å². The Morgan fingerprint density at radius 2 is 1.12 bits per heavy atom. The van der Waals surface area contributed by atoms with Crippen molar-refractivity contribution in [3.05, 3.63) is 107 Å². The van der Waals surface area contributed by atoms with Crippen LogP contribution in [0.5, 0.6) is 0 Å². The van der Waals surface area contributed by atoms with E-state index in [1.807, 2.05) is 19.1 Å². The molecule has 3 aromatic heterocycles. The fraction of sp³-hybridized carbons (Fsp3) is 0.148. The van der Waals surface area contributed by atoms with E-state index in [1.54, 1.807) is 34.6 Å². The van der Waals surface area contributed by atoms with E-state index in [-0.39, 0.29) is 23.1 Å². The summed E-state index contributed by atoms with van der Waals surface area (Å²) >= 11 is 2.68. The lowest BCUT2D eigenvalue weighted by atomic mass is 9.80. The Morgan fingerprint density at radius 1 is 0.618 bits per heavy atom. The van der Waals surface area contributed by atoms with Gasteiger partial charge < -0.3 is 0 Å². The summed E-state index contributed by atoms with van der Waals surface area (Å²) in [5, 5.41) is 6.89. The zero-order valence-corrected chi connectivity index (χ0v) is 20.0. The monoisotopic (exact) mass is 483 g/mol. The average Bonchev–Trinajstić information content (AvgIpc) is 3.51. The van der Waals surface area contributed by atoms with Gasteiger partial charge in [0, 0.05) is 66.7 Å². The minimum Gasteiger partial charge on any atom is -0.289 e. The van der Waals surface area contributed by atoms with Crippen LogP contribution in [0.4, 0.5) is 0 Å². The van der Waals surface area contributed by atoms with Crippen LogP contribution in [0.3, 0.4) is 0 Å². The molecular formula is C27H17NO4S2. The summed E-state index contributed by atoms with van der Waals surface area (Å²) in [7, 11) is 0. The topological polar surface area (TPSA) is 81.2 Å². The lowest BCUT2D eigenvalue weighted by molar-refractivity contribution is 0.0978. The van der Waals surface area contributed by atoms with Crippen molar-refractivity contribution in [2.75, 3.05) is 0 Å². The van der Waals surface area contributed by atoms with Gasteiger partial charge in [-0.05, 0) is 43.4 Å². The molecule has 6 rings (SSSR count). The summed E-state index contributed by atoms with van der Waals surface area (Å²) < 4.78 is 0. The van der Waals surface area contributed by atoms with Crippen LogP contribution >= 0.6 is 22.7 Å². The smallest absolute Gasteiger partial charge is 0.197 e. The van der Waals surface area contributed by atoms with Crippen molar-refractivity contribution < 1.29 is 19.2 Å². The Balaban J connectivity index is 1.42. The number of pyridine rings is 1. The molecule has 4 aromatic rings. The predicted molar refractivity (Wildman–Crippen MR) is 130 cm³/mol. The summed E-state index contributed by atoms with van der Waals surface area (Å²) in [6.45, 7) is 3.63. The van der Waals surface area contributed by atoms with Crippen molar-refractivity contribution in [3.63, 3.8) is 0 Å². The molecular weight excluding hydrogens is 466 g/mol. The number of thiophene rings is 2. The highest BCUT2D eigenvalue weighted by Crippen LogP contribution is 2.36. The van der Waals surface area contributed by atoms with Crippen LogP contribution in [0, 0.1) is 13.8 Å². The second-order valence-electron chi connectivity index (χ2n) is 8.64. The average molecular weight is 484 g/mol. The molecule has 5 nitrogen and oxygen atoms in total. The lowest BCUT2D eigenvalue weighted by Crippen LogP contribution is -2.24. The van der Waals surface area contributed by atoms with Crippen molar-refractivity contribution >= 4 is 45.8 Å². The third-order valence-electron chi connectivity index (χ3n) is 6.69. The summed E-state index contributed by atoms with van der Waals surface area (Å²) in [5.41, 5.74) is 6.20. The Bertz CT molecular complexity index is 1490. The molecule has 2 aliphatic carbocycles. The van der Waals surface area contributed by atoms with Gasteiger partial charge in [0.2, 0.25) is 0 Å². The van der Waals surface area contributed by atoms with Gasteiger partial charge in [0.15, 0.2) is 23.1 Å². The minimum atomic E-state index is -0.183. The zero-order chi connectivity index (χ0) is 23.7. The molecule has 34 heavy (non-hydrogen) atoms. The number of ketones is 4. The molecule has 3 heterocycles. The highest BCUT2D eigenvalue weighted by molar-refractivity contribution is 7.09. The summed E-state index contributed by atoms with van der Waals surface area (Å²) in [6, 6.07) is 3.74. The molecule has 0 radical (unpaired) electrons. The maximum Gasteiger partial charge on any atom is 0.197 e. The fourth-order valence-corrected chi connectivity index (χ4v) is 6.59. The molecule has 0 bridgehead atoms. The second-order valence-corrected chi connectivity index (χ2v) is 10.1. The summed E-state index contributed by atoms with van der Waals surface area (Å²) in [5.74, 6) is -0.595. The van der Waals surface area contributed by atoms with E-state index in [1.165, 1.54) is 22.7 Å². The number of carbonyl (C=O) groups excluding carboxylic acids is 4. The second kappa shape index (κ2) is 7.48. The van der Waals surface area contributed by atoms with Gasteiger partial charge in [-0.25, -0.2) is 0 Å². The van der Waals surface area contributed by atoms with E-state index in [0.29, 0.717) is 68.6 Å². The number of hydrogen-bond donors (Lipinski definition) is 0. The third kappa shape index (κ3) is 2.80. The Hall–Kier alpha value is -3.55. The minimum absolute atomic E-state index is 0.123. The highest BCUT2D eigenvalue weighted by atomic mass is 32.1. The van der Waals surface area contributed by atoms with Crippen LogP contribution in [0.2, 0.25) is 0 Å². The molecule has 0 saturated heterocycles. The molecule has 0 saturated carbocycles. The van der Waals surface area contributed by atoms with E-state index >= 15 is 0 Å². The Labute approximate surface area is 203 Å². The van der Waals surface area contributed by atoms with Crippen LogP contribution in [0.1, 0.15) is 86.1 Å². The Morgan fingerprint density at radius 3 is 1.71 bits per heavy atom. The Kier molecular flexibility index (Phi) is 4.62. The van der Waals surface area contributed by atoms with Crippen molar-refractivity contribution in [1.29, 1.82) is 0 Å². The predicted octanol–water partition coefficient (Wildman–Crippen LogP) is 5.16. The van der Waals surface area contributed by atoms with Gasteiger partial charge in [-0.3, -0.25) is 24.2 Å². The van der Waals surface area contributed by atoms with Gasteiger partial charge >= 0.3 is 0 Å². The first-order valence-corrected chi connectivity index (χ1v) is 12.7. The number of benzene rings is 1. The lowest BCUT2D eigenvalue weighted by Gasteiger charge is -2.21. The highest BCUT2D eigenvalue weighted by Gasteiger charge is 2.36. The molecule has 0 spiro atoms. The zero-order valence-electron chi connectivity index (χ0n) is 18.4. The number of rotatable bonds is 3. The van der Waals surface area contributed by atoms with E-state index in [9.17, 15) is 19.2 Å². The number of aromatic nitrogens is 1. The van der Waals surface area contributed by atoms with Gasteiger partial charge in [0.1, 0.15) is 0 Å². The van der Waals surface area contributed by atoms with E-state index < -0.39 is 0 Å². The maximum atomic E-state index is 13.3. The largest absolute Gasteiger partial charge is 0.289 e. The first kappa shape index (κ1) is 21.0. The number of nitrogens with zero attached hydrogens (tertiary/aromatic N) is 1. The van der Waals surface area contributed by atoms with Crippen molar-refractivity contribution in [2.45, 2.75) is 26.7 Å². The van der Waals surface area contributed by atoms with E-state index in [2.05, 4.69) is 4.98 Å². The van der Waals surface area contributed by atoms with E-state index in [4.69, 9.17) is 0 Å². The molecule has 0 fully saturated rings. The van der Waals surface area contributed by atoms with Gasteiger partial charge in [0.05, 0.1) is 11.3 Å². The normalized spacial score (nSPS) is 14.1. The fourth-order valence-electron chi connectivity index (χ4n) is 4.97. The van der Waals surface area contributed by atoms with Crippen molar-refractivity contribution in [2.24, 2.45) is 0 Å². The van der Waals surface area contributed by atoms with Gasteiger partial charge in [-0.1, -0.05) is 12.1 Å². The molecule has 1 aromatic carbocycles. The van der Waals surface area contributed by atoms with Gasteiger partial charge in [0.25, 0.3) is 0 Å². The van der Waals surface area contributed by atoms with Crippen molar-refractivity contribution in [1.82, 2.24) is 4.98 Å². The number of carbonyl (C=O) groups is 4. The molecule has 0 unspecified atom stereocenters. The number of hydrogen-bond acceptors (Lipinski definition) is 7. The standard InChI is InChI=1S/C27H17NO4S2/c1-12-3-4-14(22-20(12)24(29)15-8-33-10-17(15)26(22)31)5-6-19-23-21(13(2)7-28-19)25(30)16-9-34-11-18(16)27(23)32/h3-4,7-11H,5-6H2,1-2H3. The molecule has 0 atom stereocenters. The van der Waals surface area contributed by atoms with Crippen LogP contribution in [0.25, 0.3) is 0 Å². The first-order chi connectivity index (χ1) is 16.4. The van der Waals surface area contributed by atoms with Crippen LogP contribution < -0.4 is 0 Å². The molecule has 0 aliphatic heterocycles. The van der Waals surface area contributed by atoms with Crippen molar-refractivity contribution in [3.8, 4) is 0 Å². The quantitative estimate of drug-likeness (QED) is 0.347. The van der Waals surface area contributed by atoms with Gasteiger partial charge in [-0.2, -0.15) is 22.7 Å². The molecule has 7 heteroatoms. The molecule has 0 N–H and O–H groups in total. The third-order valence-corrected chi connectivity index (χ3v) is 8.18. The van der Waals surface area contributed by atoms with Crippen LogP contribution in [-0.2, 0) is 12.8 Å². The van der Waals surface area contributed by atoms with Gasteiger partial charge in [-0.15, -0.1) is 0 Å². The molecule has 2 aliphatic rings. The summed E-state index contributed by atoms with van der Waals surface area (Å²) in [6.07, 6.45) is 2.42. The first-order valence-electron chi connectivity index (χ1n) is 10.8. The summed E-state index contributed by atoms with van der Waals surface area (Å²) in [4.78, 5) is 57.4. The SMILES string of the molecule is Cc1ccc(CCc2ncc(C)c3c2C(=O)c2cscc2C3=O)c2c1C(=O)c1cscc1C2=O.